The number of carbonyl (C=O) groups excluding carboxylic acids is 2. The van der Waals surface area contributed by atoms with E-state index in [1.165, 1.54) is 25.4 Å². The first-order valence-corrected chi connectivity index (χ1v) is 9.63. The van der Waals surface area contributed by atoms with Crippen molar-refractivity contribution in [1.82, 2.24) is 4.90 Å². The Labute approximate surface area is 179 Å². The smallest absolute Gasteiger partial charge is 0.296 e. The van der Waals surface area contributed by atoms with Gasteiger partial charge in [-0.1, -0.05) is 18.2 Å². The van der Waals surface area contributed by atoms with E-state index >= 15 is 0 Å². The predicted octanol–water partition coefficient (Wildman–Crippen LogP) is 3.92. The Hall–Kier alpha value is -4.00. The molecule has 1 aromatic heterocycles. The summed E-state index contributed by atoms with van der Waals surface area (Å²) in [6, 6.07) is 16.3. The highest BCUT2D eigenvalue weighted by Crippen LogP contribution is 2.43. The number of ether oxygens (including phenoxy) is 2. The van der Waals surface area contributed by atoms with Gasteiger partial charge in [0.2, 0.25) is 0 Å². The van der Waals surface area contributed by atoms with Gasteiger partial charge < -0.3 is 23.9 Å². The maximum atomic E-state index is 13.1. The maximum Gasteiger partial charge on any atom is 0.296 e. The molecule has 0 bridgehead atoms. The molecule has 31 heavy (non-hydrogen) atoms. The van der Waals surface area contributed by atoms with Crippen molar-refractivity contribution in [3.8, 4) is 11.5 Å². The number of carbonyl (C=O) groups is 2. The van der Waals surface area contributed by atoms with Crippen molar-refractivity contribution in [3.63, 3.8) is 0 Å². The number of nitrogens with zero attached hydrogens (tertiary/aromatic N) is 1. The number of aliphatic hydroxyl groups excluding tert-OH is 1. The molecule has 0 spiro atoms. The highest BCUT2D eigenvalue weighted by atomic mass is 16.5. The molecule has 1 atom stereocenters. The lowest BCUT2D eigenvalue weighted by Gasteiger charge is -2.25. The van der Waals surface area contributed by atoms with Crippen LogP contribution in [0.4, 0.5) is 0 Å². The molecule has 2 aromatic carbocycles. The second kappa shape index (κ2) is 8.39. The van der Waals surface area contributed by atoms with Crippen molar-refractivity contribution in [2.24, 2.45) is 0 Å². The van der Waals surface area contributed by atoms with Crippen LogP contribution in [0.25, 0.3) is 5.76 Å². The van der Waals surface area contributed by atoms with Crippen LogP contribution in [-0.4, -0.2) is 35.9 Å². The van der Waals surface area contributed by atoms with Gasteiger partial charge in [-0.3, -0.25) is 9.59 Å². The van der Waals surface area contributed by atoms with Gasteiger partial charge in [0, 0.05) is 11.1 Å². The Morgan fingerprint density at radius 1 is 1.00 bits per heavy atom. The molecule has 0 radical (unpaired) electrons. The minimum absolute atomic E-state index is 0.00813. The maximum absolute atomic E-state index is 13.1. The molecule has 3 aromatic rings. The highest BCUT2D eigenvalue weighted by molar-refractivity contribution is 6.46. The van der Waals surface area contributed by atoms with Crippen molar-refractivity contribution in [2.45, 2.75) is 12.6 Å². The molecule has 0 unspecified atom stereocenters. The van der Waals surface area contributed by atoms with E-state index in [1.807, 2.05) is 0 Å². The van der Waals surface area contributed by atoms with Crippen molar-refractivity contribution in [3.05, 3.63) is 89.4 Å². The first-order valence-electron chi connectivity index (χ1n) is 9.63. The van der Waals surface area contributed by atoms with Crippen LogP contribution >= 0.6 is 0 Å². The molecule has 158 valence electrons. The summed E-state index contributed by atoms with van der Waals surface area (Å²) in [7, 11) is 3.05. The van der Waals surface area contributed by atoms with Gasteiger partial charge in [0.1, 0.15) is 23.0 Å². The fourth-order valence-electron chi connectivity index (χ4n) is 3.73. The molecule has 7 nitrogen and oxygen atoms in total. The fraction of sp³-hybridized carbons (Fsp3) is 0.167. The van der Waals surface area contributed by atoms with Crippen molar-refractivity contribution in [1.29, 1.82) is 0 Å². The molecular weight excluding hydrogens is 398 g/mol. The number of ketones is 1. The van der Waals surface area contributed by atoms with E-state index in [0.717, 1.165) is 0 Å². The van der Waals surface area contributed by atoms with Crippen LogP contribution in [0.1, 0.15) is 22.9 Å². The molecule has 1 amide bonds. The Morgan fingerprint density at radius 3 is 2.39 bits per heavy atom. The SMILES string of the molecule is COc1ccc(C(O)=C2C(=O)C(=O)N(Cc3ccco3)[C@H]2c2ccccc2OC)cc1. The predicted molar refractivity (Wildman–Crippen MR) is 113 cm³/mol. The summed E-state index contributed by atoms with van der Waals surface area (Å²) < 4.78 is 16.0. The molecule has 1 aliphatic heterocycles. The van der Waals surface area contributed by atoms with Crippen LogP contribution in [0.3, 0.4) is 0 Å². The summed E-state index contributed by atoms with van der Waals surface area (Å²) in [4.78, 5) is 27.4. The summed E-state index contributed by atoms with van der Waals surface area (Å²) in [6.45, 7) is 0.0691. The molecule has 0 saturated carbocycles. The molecule has 4 rings (SSSR count). The Bertz CT molecular complexity index is 1130. The summed E-state index contributed by atoms with van der Waals surface area (Å²) >= 11 is 0. The van der Waals surface area contributed by atoms with Gasteiger partial charge >= 0.3 is 0 Å². The molecule has 1 saturated heterocycles. The number of aliphatic hydroxyl groups is 1. The van der Waals surface area contributed by atoms with Crippen LogP contribution in [0, 0.1) is 0 Å². The third-order valence-corrected chi connectivity index (χ3v) is 5.24. The van der Waals surface area contributed by atoms with E-state index in [1.54, 1.807) is 60.7 Å². The van der Waals surface area contributed by atoms with E-state index in [4.69, 9.17) is 13.9 Å². The minimum atomic E-state index is -0.844. The van der Waals surface area contributed by atoms with Crippen molar-refractivity contribution < 1.29 is 28.6 Å². The Kier molecular flexibility index (Phi) is 5.49. The molecule has 7 heteroatoms. The first kappa shape index (κ1) is 20.3. The number of amides is 1. The number of furan rings is 1. The number of benzene rings is 2. The number of hydrogen-bond donors (Lipinski definition) is 1. The van der Waals surface area contributed by atoms with Gasteiger partial charge in [-0.25, -0.2) is 0 Å². The van der Waals surface area contributed by atoms with Crippen molar-refractivity contribution >= 4 is 17.4 Å². The first-order chi connectivity index (χ1) is 15.0. The lowest BCUT2D eigenvalue weighted by molar-refractivity contribution is -0.140. The second-order valence-corrected chi connectivity index (χ2v) is 6.98. The molecule has 2 heterocycles. The average Bonchev–Trinajstić information content (AvgIpc) is 3.41. The lowest BCUT2D eigenvalue weighted by atomic mass is 9.94. The Balaban J connectivity index is 1.88. The third-order valence-electron chi connectivity index (χ3n) is 5.24. The zero-order valence-electron chi connectivity index (χ0n) is 17.1. The van der Waals surface area contributed by atoms with E-state index in [-0.39, 0.29) is 17.9 Å². The average molecular weight is 419 g/mol. The molecule has 1 fully saturated rings. The number of hydrogen-bond acceptors (Lipinski definition) is 6. The van der Waals surface area contributed by atoms with E-state index in [2.05, 4.69) is 0 Å². The molecule has 1 aliphatic rings. The molecular formula is C24H21NO6. The van der Waals surface area contributed by atoms with E-state index in [9.17, 15) is 14.7 Å². The van der Waals surface area contributed by atoms with Crippen LogP contribution < -0.4 is 9.47 Å². The van der Waals surface area contributed by atoms with Gasteiger partial charge in [0.15, 0.2) is 0 Å². The lowest BCUT2D eigenvalue weighted by Crippen LogP contribution is -2.29. The van der Waals surface area contributed by atoms with E-state index < -0.39 is 17.7 Å². The molecule has 1 N–H and O–H groups in total. The Morgan fingerprint density at radius 2 is 1.74 bits per heavy atom. The normalized spacial score (nSPS) is 17.7. The summed E-state index contributed by atoms with van der Waals surface area (Å²) in [5.74, 6) is -0.126. The van der Waals surface area contributed by atoms with Gasteiger partial charge in [-0.05, 0) is 42.5 Å². The number of Topliss-reactive ketones (excluding diaryl/α,β-unsaturated/α-hetero) is 1. The number of rotatable bonds is 6. The highest BCUT2D eigenvalue weighted by Gasteiger charge is 2.47. The second-order valence-electron chi connectivity index (χ2n) is 6.98. The largest absolute Gasteiger partial charge is 0.507 e. The van der Waals surface area contributed by atoms with Crippen LogP contribution in [0.2, 0.25) is 0 Å². The summed E-state index contributed by atoms with van der Waals surface area (Å²) in [5, 5.41) is 11.1. The zero-order valence-corrected chi connectivity index (χ0v) is 17.1. The number of para-hydroxylation sites is 1. The van der Waals surface area contributed by atoms with Gasteiger partial charge in [0.25, 0.3) is 11.7 Å². The summed E-state index contributed by atoms with van der Waals surface area (Å²) in [6.07, 6.45) is 1.50. The van der Waals surface area contributed by atoms with Gasteiger partial charge in [0.05, 0.1) is 38.6 Å². The number of methoxy groups -OCH3 is 2. The topological polar surface area (TPSA) is 89.2 Å². The van der Waals surface area contributed by atoms with Gasteiger partial charge in [-0.2, -0.15) is 0 Å². The van der Waals surface area contributed by atoms with E-state index in [0.29, 0.717) is 28.4 Å². The fourth-order valence-corrected chi connectivity index (χ4v) is 3.73. The van der Waals surface area contributed by atoms with Crippen LogP contribution in [-0.2, 0) is 16.1 Å². The van der Waals surface area contributed by atoms with Crippen molar-refractivity contribution in [2.75, 3.05) is 14.2 Å². The van der Waals surface area contributed by atoms with Crippen LogP contribution in [0.15, 0.2) is 76.9 Å². The monoisotopic (exact) mass is 419 g/mol. The molecule has 0 aliphatic carbocycles. The zero-order chi connectivity index (χ0) is 22.0. The summed E-state index contributed by atoms with van der Waals surface area (Å²) in [5.41, 5.74) is 0.980. The number of likely N-dealkylation sites (tertiary alicyclic amines) is 1. The van der Waals surface area contributed by atoms with Crippen LogP contribution in [0.5, 0.6) is 11.5 Å². The minimum Gasteiger partial charge on any atom is -0.507 e. The standard InChI is InChI=1S/C24H21NO6/c1-29-16-11-9-15(10-12-16)22(26)20-21(18-7-3-4-8-19(18)30-2)25(24(28)23(20)27)14-17-6-5-13-31-17/h3-13,21,26H,14H2,1-2H3/t21-/m0/s1. The van der Waals surface area contributed by atoms with Gasteiger partial charge in [-0.15, -0.1) is 0 Å². The third kappa shape index (κ3) is 3.66. The quantitative estimate of drug-likeness (QED) is 0.370.